The van der Waals surface area contributed by atoms with Gasteiger partial charge in [0.2, 0.25) is 5.91 Å². The van der Waals surface area contributed by atoms with Crippen LogP contribution >= 0.6 is 11.8 Å². The van der Waals surface area contributed by atoms with Gasteiger partial charge in [-0.15, -0.1) is 10.2 Å². The normalized spacial score (nSPS) is 11.8. The Bertz CT molecular complexity index is 928. The summed E-state index contributed by atoms with van der Waals surface area (Å²) in [7, 11) is 1.63. The third-order valence-corrected chi connectivity index (χ3v) is 5.46. The van der Waals surface area contributed by atoms with Crippen molar-refractivity contribution in [3.63, 3.8) is 0 Å². The molecular formula is C21H25N5O2S. The molecule has 7 nitrogen and oxygen atoms in total. The summed E-state index contributed by atoms with van der Waals surface area (Å²) in [5.74, 6) is 1.55. The maximum absolute atomic E-state index is 12.6. The quantitative estimate of drug-likeness (QED) is 0.542. The third-order valence-electron chi connectivity index (χ3n) is 4.38. The van der Waals surface area contributed by atoms with Crippen molar-refractivity contribution in [2.24, 2.45) is 0 Å². The van der Waals surface area contributed by atoms with Crippen LogP contribution in [-0.4, -0.2) is 38.0 Å². The monoisotopic (exact) mass is 411 g/mol. The van der Waals surface area contributed by atoms with Crippen molar-refractivity contribution in [3.8, 4) is 17.1 Å². The molecule has 2 heterocycles. The number of benzene rings is 1. The number of rotatable bonds is 9. The molecule has 3 rings (SSSR count). The van der Waals surface area contributed by atoms with Crippen LogP contribution in [0.2, 0.25) is 0 Å². The minimum absolute atomic E-state index is 0.0395. The van der Waals surface area contributed by atoms with Gasteiger partial charge in [-0.25, -0.2) is 0 Å². The lowest BCUT2D eigenvalue weighted by Gasteiger charge is -2.13. The van der Waals surface area contributed by atoms with Crippen LogP contribution in [0.4, 0.5) is 0 Å². The molecule has 0 fully saturated rings. The Balaban J connectivity index is 1.65. The number of nitrogens with zero attached hydrogens (tertiary/aromatic N) is 4. The summed E-state index contributed by atoms with van der Waals surface area (Å²) in [4.78, 5) is 16.6. The first-order valence-electron chi connectivity index (χ1n) is 9.53. The average molecular weight is 412 g/mol. The molecule has 1 amide bonds. The van der Waals surface area contributed by atoms with Gasteiger partial charge in [-0.05, 0) is 43.2 Å². The maximum Gasteiger partial charge on any atom is 0.233 e. The summed E-state index contributed by atoms with van der Waals surface area (Å²) >= 11 is 1.42. The Kier molecular flexibility index (Phi) is 7.24. The molecule has 0 saturated heterocycles. The molecule has 8 heteroatoms. The van der Waals surface area contributed by atoms with Gasteiger partial charge < -0.3 is 14.6 Å². The van der Waals surface area contributed by atoms with Gasteiger partial charge in [0.05, 0.1) is 12.4 Å². The van der Waals surface area contributed by atoms with Crippen LogP contribution < -0.4 is 10.1 Å². The number of thioether (sulfide) groups is 1. The molecule has 152 valence electrons. The van der Waals surface area contributed by atoms with Crippen molar-refractivity contribution in [1.82, 2.24) is 25.1 Å². The third kappa shape index (κ3) is 5.35. The summed E-state index contributed by atoms with van der Waals surface area (Å²) in [5.41, 5.74) is 1.98. The van der Waals surface area contributed by atoms with E-state index < -0.39 is 0 Å². The number of ether oxygens (including phenoxy) is 1. The van der Waals surface area contributed by atoms with Gasteiger partial charge in [0.15, 0.2) is 11.0 Å². The highest BCUT2D eigenvalue weighted by Crippen LogP contribution is 2.27. The molecule has 0 saturated carbocycles. The lowest BCUT2D eigenvalue weighted by Crippen LogP contribution is -2.30. The molecule has 1 unspecified atom stereocenters. The van der Waals surface area contributed by atoms with E-state index in [9.17, 15) is 4.79 Å². The van der Waals surface area contributed by atoms with Crippen LogP contribution in [0.1, 0.15) is 25.8 Å². The lowest BCUT2D eigenvalue weighted by atomic mass is 10.2. The molecule has 29 heavy (non-hydrogen) atoms. The van der Waals surface area contributed by atoms with E-state index in [2.05, 4.69) is 32.0 Å². The average Bonchev–Trinajstić information content (AvgIpc) is 3.15. The number of methoxy groups -OCH3 is 1. The predicted octanol–water partition coefficient (Wildman–Crippen LogP) is 3.56. The minimum atomic E-state index is -0.293. The van der Waals surface area contributed by atoms with Crippen molar-refractivity contribution in [3.05, 3.63) is 54.4 Å². The number of carbonyl (C=O) groups excluding carboxylic acids is 1. The number of nitrogens with one attached hydrogen (secondary N) is 1. The lowest BCUT2D eigenvalue weighted by molar-refractivity contribution is -0.120. The van der Waals surface area contributed by atoms with Crippen LogP contribution in [0, 0.1) is 0 Å². The van der Waals surface area contributed by atoms with E-state index in [-0.39, 0.29) is 11.2 Å². The maximum atomic E-state index is 12.6. The Hall–Kier alpha value is -2.87. The van der Waals surface area contributed by atoms with Crippen molar-refractivity contribution in [2.75, 3.05) is 7.11 Å². The fraction of sp³-hybridized carbons (Fsp3) is 0.333. The molecule has 0 bridgehead atoms. The molecule has 0 spiro atoms. The second-order valence-corrected chi connectivity index (χ2v) is 7.83. The van der Waals surface area contributed by atoms with Crippen molar-refractivity contribution in [2.45, 2.75) is 43.8 Å². The highest BCUT2D eigenvalue weighted by Gasteiger charge is 2.20. The smallest absolute Gasteiger partial charge is 0.233 e. The number of hydrogen-bond acceptors (Lipinski definition) is 6. The van der Waals surface area contributed by atoms with Crippen LogP contribution in [0.25, 0.3) is 11.4 Å². The topological polar surface area (TPSA) is 81.9 Å². The fourth-order valence-corrected chi connectivity index (χ4v) is 3.70. The highest BCUT2D eigenvalue weighted by molar-refractivity contribution is 8.00. The van der Waals surface area contributed by atoms with Gasteiger partial charge in [0.25, 0.3) is 0 Å². The highest BCUT2D eigenvalue weighted by atomic mass is 32.2. The zero-order valence-corrected chi connectivity index (χ0v) is 17.6. The van der Waals surface area contributed by atoms with E-state index in [4.69, 9.17) is 4.74 Å². The van der Waals surface area contributed by atoms with E-state index in [0.717, 1.165) is 40.8 Å². The largest absolute Gasteiger partial charge is 0.497 e. The molecule has 0 aliphatic carbocycles. The summed E-state index contributed by atoms with van der Waals surface area (Å²) in [5, 5.41) is 12.1. The summed E-state index contributed by atoms with van der Waals surface area (Å²) in [6.07, 6.45) is 4.42. The van der Waals surface area contributed by atoms with Gasteiger partial charge in [0, 0.05) is 31.0 Å². The van der Waals surface area contributed by atoms with E-state index in [1.165, 1.54) is 11.8 Å². The molecule has 3 aromatic rings. The van der Waals surface area contributed by atoms with E-state index >= 15 is 0 Å². The second kappa shape index (κ2) is 10.1. The zero-order valence-electron chi connectivity index (χ0n) is 16.8. The van der Waals surface area contributed by atoms with Crippen LogP contribution in [0.3, 0.4) is 0 Å². The Morgan fingerprint density at radius 3 is 2.55 bits per heavy atom. The van der Waals surface area contributed by atoms with Gasteiger partial charge in [0.1, 0.15) is 5.75 Å². The standard InChI is InChI=1S/C21H25N5O2S/c1-4-13-26-19(17-9-11-22-12-10-17)24-25-21(26)29-15(2)20(27)23-14-16-5-7-18(28-3)8-6-16/h5-12,15H,4,13-14H2,1-3H3,(H,23,27). The summed E-state index contributed by atoms with van der Waals surface area (Å²) in [6.45, 7) is 5.24. The minimum Gasteiger partial charge on any atom is -0.497 e. The van der Waals surface area contributed by atoms with Gasteiger partial charge in [-0.2, -0.15) is 0 Å². The number of pyridine rings is 1. The van der Waals surface area contributed by atoms with E-state index in [0.29, 0.717) is 6.54 Å². The molecule has 0 aliphatic heterocycles. The van der Waals surface area contributed by atoms with Gasteiger partial charge in [-0.3, -0.25) is 9.78 Å². The second-order valence-electron chi connectivity index (χ2n) is 6.52. The van der Waals surface area contributed by atoms with Gasteiger partial charge >= 0.3 is 0 Å². The molecule has 2 aromatic heterocycles. The van der Waals surface area contributed by atoms with Crippen molar-refractivity contribution in [1.29, 1.82) is 0 Å². The van der Waals surface area contributed by atoms with Crippen LogP contribution in [0.5, 0.6) is 5.75 Å². The number of amides is 1. The van der Waals surface area contributed by atoms with E-state index in [1.807, 2.05) is 43.3 Å². The molecule has 0 radical (unpaired) electrons. The first-order valence-corrected chi connectivity index (χ1v) is 10.4. The molecule has 1 atom stereocenters. The SMILES string of the molecule is CCCn1c(SC(C)C(=O)NCc2ccc(OC)cc2)nnc1-c1ccncc1. The predicted molar refractivity (Wildman–Crippen MR) is 114 cm³/mol. The van der Waals surface area contributed by atoms with Crippen LogP contribution in [0.15, 0.2) is 53.9 Å². The molecular weight excluding hydrogens is 386 g/mol. The molecule has 1 aromatic carbocycles. The van der Waals surface area contributed by atoms with Crippen LogP contribution in [-0.2, 0) is 17.9 Å². The van der Waals surface area contributed by atoms with E-state index in [1.54, 1.807) is 19.5 Å². The Morgan fingerprint density at radius 2 is 1.90 bits per heavy atom. The number of hydrogen-bond donors (Lipinski definition) is 1. The molecule has 1 N–H and O–H groups in total. The van der Waals surface area contributed by atoms with Crippen molar-refractivity contribution >= 4 is 17.7 Å². The summed E-state index contributed by atoms with van der Waals surface area (Å²) < 4.78 is 7.22. The fourth-order valence-electron chi connectivity index (χ4n) is 2.80. The van der Waals surface area contributed by atoms with Crippen molar-refractivity contribution < 1.29 is 9.53 Å². The molecule has 0 aliphatic rings. The zero-order chi connectivity index (χ0) is 20.6. The number of aromatic nitrogens is 4. The van der Waals surface area contributed by atoms with Gasteiger partial charge in [-0.1, -0.05) is 30.8 Å². The first-order chi connectivity index (χ1) is 14.1. The Morgan fingerprint density at radius 1 is 1.17 bits per heavy atom. The first kappa shape index (κ1) is 20.9. The number of carbonyl (C=O) groups is 1. The Labute approximate surface area is 174 Å². The summed E-state index contributed by atoms with van der Waals surface area (Å²) in [6, 6.07) is 11.5.